The molecule has 0 aliphatic carbocycles. The molecule has 1 heterocycles. The van der Waals surface area contributed by atoms with Gasteiger partial charge in [0, 0.05) is 19.3 Å². The SMILES string of the molecule is CCCCC[N+](=O)ON1C(=O)CCC1=O. The predicted molar refractivity (Wildman–Crippen MR) is 50.2 cm³/mol. The largest absolute Gasteiger partial charge is 0.271 e. The molecule has 0 radical (unpaired) electrons. The summed E-state index contributed by atoms with van der Waals surface area (Å²) in [6.07, 6.45) is 2.86. The minimum Gasteiger partial charge on any atom is -0.271 e. The molecule has 1 aliphatic heterocycles. The Morgan fingerprint density at radius 2 is 1.87 bits per heavy atom. The summed E-state index contributed by atoms with van der Waals surface area (Å²) in [7, 11) is 0. The van der Waals surface area contributed by atoms with E-state index in [9.17, 15) is 14.5 Å². The highest BCUT2D eigenvalue weighted by Crippen LogP contribution is 2.12. The van der Waals surface area contributed by atoms with Crippen LogP contribution in [0.2, 0.25) is 0 Å². The molecule has 0 N–H and O–H groups in total. The lowest BCUT2D eigenvalue weighted by atomic mass is 10.3. The first kappa shape index (κ1) is 11.6. The van der Waals surface area contributed by atoms with E-state index in [2.05, 4.69) is 4.94 Å². The van der Waals surface area contributed by atoms with E-state index in [4.69, 9.17) is 0 Å². The molecular formula is C9H15N2O4+. The fourth-order valence-corrected chi connectivity index (χ4v) is 1.27. The second kappa shape index (κ2) is 5.43. The highest BCUT2D eigenvalue weighted by molar-refractivity contribution is 6.00. The van der Waals surface area contributed by atoms with Crippen LogP contribution < -0.4 is 0 Å². The molecule has 6 nitrogen and oxygen atoms in total. The molecule has 1 fully saturated rings. The van der Waals surface area contributed by atoms with Gasteiger partial charge >= 0.3 is 0 Å². The van der Waals surface area contributed by atoms with E-state index >= 15 is 0 Å². The van der Waals surface area contributed by atoms with Gasteiger partial charge in [-0.2, -0.15) is 0 Å². The first-order chi connectivity index (χ1) is 7.15. The van der Waals surface area contributed by atoms with Crippen LogP contribution in [-0.2, 0) is 14.5 Å². The summed E-state index contributed by atoms with van der Waals surface area (Å²) >= 11 is 0. The molecular weight excluding hydrogens is 200 g/mol. The number of amides is 2. The molecule has 15 heavy (non-hydrogen) atoms. The molecule has 0 aromatic rings. The van der Waals surface area contributed by atoms with Gasteiger partial charge in [-0.25, -0.2) is 0 Å². The van der Waals surface area contributed by atoms with Crippen LogP contribution in [0.3, 0.4) is 0 Å². The molecule has 1 saturated heterocycles. The molecule has 0 unspecified atom stereocenters. The monoisotopic (exact) mass is 215 g/mol. The fourth-order valence-electron chi connectivity index (χ4n) is 1.27. The minimum absolute atomic E-state index is 0.127. The summed E-state index contributed by atoms with van der Waals surface area (Å²) < 4.78 is 0. The molecule has 1 aliphatic rings. The maximum Gasteiger partial charge on any atom is 0.270 e. The van der Waals surface area contributed by atoms with E-state index in [1.54, 1.807) is 0 Å². The van der Waals surface area contributed by atoms with Gasteiger partial charge in [-0.15, -0.1) is 0 Å². The average Bonchev–Trinajstić information content (AvgIpc) is 2.50. The van der Waals surface area contributed by atoms with Gasteiger partial charge in [0.25, 0.3) is 18.4 Å². The summed E-state index contributed by atoms with van der Waals surface area (Å²) in [5.41, 5.74) is 0. The number of carbonyl (C=O) groups is 2. The van der Waals surface area contributed by atoms with Crippen molar-refractivity contribution >= 4 is 11.8 Å². The van der Waals surface area contributed by atoms with Crippen LogP contribution in [0.5, 0.6) is 0 Å². The van der Waals surface area contributed by atoms with E-state index in [1.165, 1.54) is 0 Å². The van der Waals surface area contributed by atoms with E-state index in [0.717, 1.165) is 12.8 Å². The van der Waals surface area contributed by atoms with Crippen LogP contribution in [-0.4, -0.2) is 28.3 Å². The molecule has 0 bridgehead atoms. The predicted octanol–water partition coefficient (Wildman–Crippen LogP) is 0.951. The van der Waals surface area contributed by atoms with Gasteiger partial charge in [0.2, 0.25) is 4.92 Å². The minimum atomic E-state index is -0.448. The van der Waals surface area contributed by atoms with Crippen molar-refractivity contribution < 1.29 is 19.5 Å². The average molecular weight is 215 g/mol. The Hall–Kier alpha value is -1.46. The Labute approximate surface area is 87.7 Å². The van der Waals surface area contributed by atoms with Crippen LogP contribution >= 0.6 is 0 Å². The van der Waals surface area contributed by atoms with Crippen molar-refractivity contribution in [3.63, 3.8) is 0 Å². The molecule has 0 aromatic heterocycles. The summed E-state index contributed by atoms with van der Waals surface area (Å²) in [6.45, 7) is 2.19. The van der Waals surface area contributed by atoms with Crippen LogP contribution in [0, 0.1) is 4.91 Å². The fraction of sp³-hybridized carbons (Fsp3) is 0.778. The summed E-state index contributed by atoms with van der Waals surface area (Å²) in [5.74, 6) is -0.896. The van der Waals surface area contributed by atoms with Crippen molar-refractivity contribution in [2.45, 2.75) is 39.0 Å². The van der Waals surface area contributed by atoms with Gasteiger partial charge in [0.15, 0.2) is 0 Å². The Bertz CT molecular complexity index is 261. The molecule has 0 saturated carbocycles. The molecule has 2 amide bonds. The lowest BCUT2D eigenvalue weighted by Gasteiger charge is -2.03. The number of carbonyl (C=O) groups excluding carboxylic acids is 2. The van der Waals surface area contributed by atoms with E-state index in [0.29, 0.717) is 11.5 Å². The number of hydrogen-bond donors (Lipinski definition) is 0. The topological polar surface area (TPSA) is 66.7 Å². The lowest BCUT2D eigenvalue weighted by molar-refractivity contribution is -0.838. The van der Waals surface area contributed by atoms with Crippen molar-refractivity contribution in [1.29, 1.82) is 0 Å². The van der Waals surface area contributed by atoms with Crippen molar-refractivity contribution in [3.8, 4) is 0 Å². The van der Waals surface area contributed by atoms with Crippen LogP contribution in [0.1, 0.15) is 39.0 Å². The first-order valence-corrected chi connectivity index (χ1v) is 5.13. The first-order valence-electron chi connectivity index (χ1n) is 5.13. The number of hydrogen-bond acceptors (Lipinski definition) is 4. The van der Waals surface area contributed by atoms with E-state index < -0.39 is 11.8 Å². The summed E-state index contributed by atoms with van der Waals surface area (Å²) in [5, 5.41) is 0.555. The molecule has 84 valence electrons. The zero-order valence-corrected chi connectivity index (χ0v) is 8.77. The normalized spacial score (nSPS) is 15.9. The van der Waals surface area contributed by atoms with Gasteiger partial charge in [-0.05, 0) is 11.5 Å². The number of hydroxylamine groups is 2. The van der Waals surface area contributed by atoms with Gasteiger partial charge in [-0.1, -0.05) is 18.3 Å². The zero-order valence-electron chi connectivity index (χ0n) is 8.77. The van der Waals surface area contributed by atoms with Gasteiger partial charge in [0.1, 0.15) is 0 Å². The lowest BCUT2D eigenvalue weighted by Crippen LogP contribution is -2.33. The number of nitrogens with zero attached hydrogens (tertiary/aromatic N) is 2. The smallest absolute Gasteiger partial charge is 0.270 e. The molecule has 6 heteroatoms. The van der Waals surface area contributed by atoms with Gasteiger partial charge < -0.3 is 0 Å². The third-order valence-electron chi connectivity index (χ3n) is 2.12. The van der Waals surface area contributed by atoms with Crippen LogP contribution in [0.25, 0.3) is 0 Å². The second-order valence-corrected chi connectivity index (χ2v) is 3.43. The van der Waals surface area contributed by atoms with Crippen LogP contribution in [0.4, 0.5) is 0 Å². The van der Waals surface area contributed by atoms with Crippen molar-refractivity contribution in [1.82, 2.24) is 5.06 Å². The van der Waals surface area contributed by atoms with E-state index in [-0.39, 0.29) is 24.3 Å². The number of imide groups is 1. The Kier molecular flexibility index (Phi) is 4.20. The summed E-state index contributed by atoms with van der Waals surface area (Å²) in [4.78, 5) is 38.1. The molecule has 0 aromatic carbocycles. The van der Waals surface area contributed by atoms with Gasteiger partial charge in [-0.3, -0.25) is 9.59 Å². The zero-order chi connectivity index (χ0) is 11.3. The molecule has 0 atom stereocenters. The second-order valence-electron chi connectivity index (χ2n) is 3.43. The number of unbranched alkanes of at least 4 members (excludes halogenated alkanes) is 2. The Morgan fingerprint density at radius 3 is 2.40 bits per heavy atom. The summed E-state index contributed by atoms with van der Waals surface area (Å²) in [6, 6.07) is 0. The Balaban J connectivity index is 2.31. The maximum absolute atomic E-state index is 11.1. The highest BCUT2D eigenvalue weighted by atomic mass is 16.9. The maximum atomic E-state index is 11.1. The number of rotatable bonds is 6. The Morgan fingerprint density at radius 1 is 1.27 bits per heavy atom. The van der Waals surface area contributed by atoms with Crippen molar-refractivity contribution in [2.24, 2.45) is 0 Å². The highest BCUT2D eigenvalue weighted by Gasteiger charge is 2.36. The van der Waals surface area contributed by atoms with E-state index in [1.807, 2.05) is 6.92 Å². The third kappa shape index (κ3) is 3.30. The van der Waals surface area contributed by atoms with Crippen molar-refractivity contribution in [3.05, 3.63) is 4.91 Å². The van der Waals surface area contributed by atoms with Gasteiger partial charge in [0.05, 0.1) is 4.91 Å². The standard InChI is InChI=1S/C9H15N2O4/c1-2-3-4-7-10(14)15-11-8(12)5-6-9(11)13/h2-7H2,1H3/q+1. The quantitative estimate of drug-likeness (QED) is 0.376. The third-order valence-corrected chi connectivity index (χ3v) is 2.12. The molecule has 1 rings (SSSR count). The van der Waals surface area contributed by atoms with Crippen LogP contribution in [0.15, 0.2) is 0 Å². The molecule has 0 spiro atoms. The van der Waals surface area contributed by atoms with Crippen molar-refractivity contribution in [2.75, 3.05) is 6.54 Å².